The Bertz CT molecular complexity index is 1610. The van der Waals surface area contributed by atoms with E-state index in [0.29, 0.717) is 18.2 Å². The third kappa shape index (κ3) is 6.46. The molecule has 5 aromatic rings. The first-order chi connectivity index (χ1) is 19.9. The third-order valence-corrected chi connectivity index (χ3v) is 6.91. The van der Waals surface area contributed by atoms with E-state index in [1.807, 2.05) is 66.7 Å². The Balaban J connectivity index is 1.11. The van der Waals surface area contributed by atoms with Crippen LogP contribution >= 0.6 is 0 Å². The van der Waals surface area contributed by atoms with E-state index in [0.717, 1.165) is 54.1 Å². The Hall–Kier alpha value is -4.51. The van der Waals surface area contributed by atoms with Gasteiger partial charge in [0, 0.05) is 23.5 Å². The first kappa shape index (κ1) is 26.7. The maximum absolute atomic E-state index is 12.8. The third-order valence-electron chi connectivity index (χ3n) is 6.91. The highest BCUT2D eigenvalue weighted by Gasteiger charge is 2.34. The number of nitrogens with one attached hydrogen (secondary N) is 2. The van der Waals surface area contributed by atoms with Crippen LogP contribution in [0.3, 0.4) is 0 Å². The van der Waals surface area contributed by atoms with Crippen molar-refractivity contribution in [2.45, 2.75) is 25.6 Å². The number of likely N-dealkylation sites (tertiary alicyclic amines) is 1. The van der Waals surface area contributed by atoms with Gasteiger partial charge in [-0.25, -0.2) is 4.52 Å². The monoisotopic (exact) mass is 562 g/mol. The van der Waals surface area contributed by atoms with Gasteiger partial charge in [-0.2, -0.15) is 18.2 Å². The Morgan fingerprint density at radius 1 is 0.902 bits per heavy atom. The molecule has 1 aliphatic rings. The summed E-state index contributed by atoms with van der Waals surface area (Å²) in [6.45, 7) is 4.04. The van der Waals surface area contributed by atoms with Crippen molar-refractivity contribution in [1.82, 2.24) is 19.5 Å². The molecule has 0 bridgehead atoms. The number of furan rings is 1. The highest BCUT2D eigenvalue weighted by molar-refractivity contribution is 5.68. The smallest absolute Gasteiger partial charge is 0.449 e. The average molecular weight is 563 g/mol. The van der Waals surface area contributed by atoms with Crippen molar-refractivity contribution in [3.8, 4) is 17.0 Å². The van der Waals surface area contributed by atoms with Gasteiger partial charge in [-0.3, -0.25) is 4.90 Å². The van der Waals surface area contributed by atoms with Crippen LogP contribution in [-0.4, -0.2) is 45.7 Å². The lowest BCUT2D eigenvalue weighted by Crippen LogP contribution is -2.25. The van der Waals surface area contributed by atoms with Crippen molar-refractivity contribution in [3.63, 3.8) is 0 Å². The SMILES string of the molecule is FC(F)(F)c1ccc(CNc2cccc(-c3cccc4nc(Nc5ccc(OCCN6CCCC6)cc5)nn34)c2)o1. The van der Waals surface area contributed by atoms with Crippen LogP contribution in [0.25, 0.3) is 16.9 Å². The second-order valence-corrected chi connectivity index (χ2v) is 9.86. The molecule has 8 nitrogen and oxygen atoms in total. The zero-order valence-corrected chi connectivity index (χ0v) is 22.2. The van der Waals surface area contributed by atoms with E-state index in [1.165, 1.54) is 18.9 Å². The number of nitrogens with zero attached hydrogens (tertiary/aromatic N) is 4. The molecule has 2 N–H and O–H groups in total. The van der Waals surface area contributed by atoms with E-state index in [4.69, 9.17) is 9.15 Å². The number of rotatable bonds is 10. The zero-order chi connectivity index (χ0) is 28.2. The summed E-state index contributed by atoms with van der Waals surface area (Å²) in [4.78, 5) is 7.03. The molecule has 41 heavy (non-hydrogen) atoms. The molecule has 0 atom stereocenters. The molecule has 2 aromatic carbocycles. The molecule has 0 spiro atoms. The van der Waals surface area contributed by atoms with Crippen LogP contribution in [0.1, 0.15) is 24.4 Å². The fourth-order valence-corrected chi connectivity index (χ4v) is 4.84. The Labute approximate surface area is 234 Å². The van der Waals surface area contributed by atoms with Crippen LogP contribution in [-0.2, 0) is 12.7 Å². The molecule has 0 unspecified atom stereocenters. The number of aromatic nitrogens is 3. The number of hydrogen-bond donors (Lipinski definition) is 2. The quantitative estimate of drug-likeness (QED) is 0.193. The van der Waals surface area contributed by atoms with E-state index in [1.54, 1.807) is 4.52 Å². The van der Waals surface area contributed by atoms with E-state index < -0.39 is 11.9 Å². The van der Waals surface area contributed by atoms with Crippen molar-refractivity contribution in [1.29, 1.82) is 0 Å². The second kappa shape index (κ2) is 11.5. The van der Waals surface area contributed by atoms with E-state index >= 15 is 0 Å². The summed E-state index contributed by atoms with van der Waals surface area (Å²) in [5.74, 6) is 0.454. The van der Waals surface area contributed by atoms with E-state index in [9.17, 15) is 13.2 Å². The number of hydrogen-bond acceptors (Lipinski definition) is 7. The number of benzene rings is 2. The molecule has 3 aromatic heterocycles. The van der Waals surface area contributed by atoms with Gasteiger partial charge in [0.05, 0.1) is 12.2 Å². The maximum atomic E-state index is 12.8. The summed E-state index contributed by atoms with van der Waals surface area (Å²) in [6, 6.07) is 23.2. The van der Waals surface area contributed by atoms with Gasteiger partial charge >= 0.3 is 6.18 Å². The van der Waals surface area contributed by atoms with Crippen LogP contribution in [0.5, 0.6) is 5.75 Å². The largest absolute Gasteiger partial charge is 0.492 e. The average Bonchev–Trinajstić information content (AvgIpc) is 3.74. The lowest BCUT2D eigenvalue weighted by Gasteiger charge is -2.15. The van der Waals surface area contributed by atoms with Crippen LogP contribution in [0.15, 0.2) is 83.3 Å². The fraction of sp³-hybridized carbons (Fsp3) is 0.267. The molecule has 1 saturated heterocycles. The van der Waals surface area contributed by atoms with Gasteiger partial charge in [-0.15, -0.1) is 5.10 Å². The van der Waals surface area contributed by atoms with Gasteiger partial charge in [-0.1, -0.05) is 18.2 Å². The van der Waals surface area contributed by atoms with Crippen LogP contribution in [0.4, 0.5) is 30.5 Å². The number of anilines is 3. The minimum atomic E-state index is -4.51. The summed E-state index contributed by atoms with van der Waals surface area (Å²) >= 11 is 0. The molecule has 0 saturated carbocycles. The standard InChI is InChI=1S/C30H29F3N6O2/c31-30(32,33)27-14-13-25(41-27)20-34-23-6-3-5-21(19-23)26-7-4-8-28-36-29(37-39(26)28)35-22-9-11-24(12-10-22)40-18-17-38-15-1-2-16-38/h3-14,19,34H,1-2,15-18,20H2,(H,35,37). The summed E-state index contributed by atoms with van der Waals surface area (Å²) in [5, 5.41) is 11.0. The maximum Gasteiger partial charge on any atom is 0.449 e. The number of halogens is 3. The summed E-state index contributed by atoms with van der Waals surface area (Å²) in [7, 11) is 0. The van der Waals surface area contributed by atoms with Gasteiger partial charge in [0.15, 0.2) is 5.65 Å². The molecular weight excluding hydrogens is 533 g/mol. The lowest BCUT2D eigenvalue weighted by molar-refractivity contribution is -0.153. The molecule has 4 heterocycles. The number of ether oxygens (including phenoxy) is 1. The van der Waals surface area contributed by atoms with Crippen molar-refractivity contribution in [2.75, 3.05) is 36.9 Å². The minimum Gasteiger partial charge on any atom is -0.492 e. The highest BCUT2D eigenvalue weighted by Crippen LogP contribution is 2.31. The van der Waals surface area contributed by atoms with Gasteiger partial charge < -0.3 is 19.8 Å². The van der Waals surface area contributed by atoms with E-state index in [-0.39, 0.29) is 12.3 Å². The zero-order valence-electron chi connectivity index (χ0n) is 22.2. The Kier molecular flexibility index (Phi) is 7.51. The van der Waals surface area contributed by atoms with Crippen LogP contribution < -0.4 is 15.4 Å². The number of fused-ring (bicyclic) bond motifs is 1. The molecule has 0 radical (unpaired) electrons. The van der Waals surface area contributed by atoms with Crippen molar-refractivity contribution in [2.24, 2.45) is 0 Å². The molecule has 1 aliphatic heterocycles. The van der Waals surface area contributed by atoms with Gasteiger partial charge in [0.25, 0.3) is 0 Å². The Morgan fingerprint density at radius 3 is 2.49 bits per heavy atom. The molecule has 0 aliphatic carbocycles. The van der Waals surface area contributed by atoms with Crippen molar-refractivity contribution in [3.05, 3.63) is 90.4 Å². The summed E-state index contributed by atoms with van der Waals surface area (Å²) < 4.78 is 51.0. The summed E-state index contributed by atoms with van der Waals surface area (Å²) in [5.41, 5.74) is 3.91. The highest BCUT2D eigenvalue weighted by atomic mass is 19.4. The molecule has 212 valence electrons. The van der Waals surface area contributed by atoms with Crippen LogP contribution in [0.2, 0.25) is 0 Å². The van der Waals surface area contributed by atoms with Gasteiger partial charge in [0.1, 0.15) is 18.1 Å². The first-order valence-corrected chi connectivity index (χ1v) is 13.5. The number of pyridine rings is 1. The van der Waals surface area contributed by atoms with Gasteiger partial charge in [0.2, 0.25) is 11.7 Å². The lowest BCUT2D eigenvalue weighted by atomic mass is 10.1. The molecule has 0 amide bonds. The van der Waals surface area contributed by atoms with Crippen LogP contribution in [0, 0.1) is 0 Å². The molecule has 6 rings (SSSR count). The van der Waals surface area contributed by atoms with Crippen molar-refractivity contribution < 1.29 is 22.3 Å². The molecule has 11 heteroatoms. The predicted molar refractivity (Wildman–Crippen MR) is 150 cm³/mol. The molecule has 1 fully saturated rings. The normalized spacial score (nSPS) is 14.0. The Morgan fingerprint density at radius 2 is 1.71 bits per heavy atom. The summed E-state index contributed by atoms with van der Waals surface area (Å²) in [6.07, 6.45) is -1.97. The second-order valence-electron chi connectivity index (χ2n) is 9.86. The topological polar surface area (TPSA) is 79.9 Å². The molecular formula is C30H29F3N6O2. The fourth-order valence-electron chi connectivity index (χ4n) is 4.84. The van der Waals surface area contributed by atoms with Gasteiger partial charge in [-0.05, 0) is 86.6 Å². The minimum absolute atomic E-state index is 0.114. The first-order valence-electron chi connectivity index (χ1n) is 13.5. The van der Waals surface area contributed by atoms with Crippen molar-refractivity contribution >= 4 is 23.0 Å². The van der Waals surface area contributed by atoms with E-state index in [2.05, 4.69) is 25.6 Å². The predicted octanol–water partition coefficient (Wildman–Crippen LogP) is 6.84. The number of alkyl halides is 3.